The maximum absolute atomic E-state index is 12.5. The summed E-state index contributed by atoms with van der Waals surface area (Å²) >= 11 is 1.50. The zero-order chi connectivity index (χ0) is 16.4. The van der Waals surface area contributed by atoms with E-state index in [4.69, 9.17) is 0 Å². The van der Waals surface area contributed by atoms with E-state index < -0.39 is 0 Å². The van der Waals surface area contributed by atoms with Gasteiger partial charge in [0.2, 0.25) is 0 Å². The second-order valence-corrected chi connectivity index (χ2v) is 6.84. The van der Waals surface area contributed by atoms with Gasteiger partial charge in [-0.3, -0.25) is 4.79 Å². The number of ketones is 1. The van der Waals surface area contributed by atoms with E-state index in [1.54, 1.807) is 6.07 Å². The van der Waals surface area contributed by atoms with Gasteiger partial charge in [-0.1, -0.05) is 29.8 Å². The van der Waals surface area contributed by atoms with Crippen LogP contribution >= 0.6 is 11.3 Å². The van der Waals surface area contributed by atoms with E-state index in [9.17, 15) is 9.90 Å². The highest BCUT2D eigenvalue weighted by Crippen LogP contribution is 2.31. The molecule has 0 spiro atoms. The molecule has 0 bridgehead atoms. The number of carbonyl (C=O) groups excluding carboxylic acids is 1. The molecule has 0 saturated carbocycles. The molecule has 0 atom stereocenters. The minimum absolute atomic E-state index is 0.141. The summed E-state index contributed by atoms with van der Waals surface area (Å²) in [6, 6.07) is 17.4. The fraction of sp³-hybridized carbons (Fsp3) is 0.150. The average Bonchev–Trinajstić information content (AvgIpc) is 3.00. The van der Waals surface area contributed by atoms with Gasteiger partial charge in [0, 0.05) is 11.3 Å². The van der Waals surface area contributed by atoms with Crippen molar-refractivity contribution in [3.05, 3.63) is 76.2 Å². The van der Waals surface area contributed by atoms with Crippen LogP contribution in [0.15, 0.2) is 54.6 Å². The first-order valence-electron chi connectivity index (χ1n) is 7.51. The highest BCUT2D eigenvalue weighted by molar-refractivity contribution is 7.17. The van der Waals surface area contributed by atoms with Crippen molar-refractivity contribution in [3.8, 4) is 16.2 Å². The first-order valence-corrected chi connectivity index (χ1v) is 8.33. The zero-order valence-corrected chi connectivity index (χ0v) is 14.0. The van der Waals surface area contributed by atoms with E-state index in [-0.39, 0.29) is 5.78 Å². The normalized spacial score (nSPS) is 10.7. The number of phenolic OH excluding ortho intramolecular Hbond substituents is 1. The molecule has 3 heteroatoms. The third kappa shape index (κ3) is 3.51. The van der Waals surface area contributed by atoms with E-state index in [2.05, 4.69) is 6.07 Å². The second kappa shape index (κ2) is 6.39. The average molecular weight is 322 g/mol. The van der Waals surface area contributed by atoms with Crippen LogP contribution in [0.25, 0.3) is 10.4 Å². The molecule has 23 heavy (non-hydrogen) atoms. The van der Waals surface area contributed by atoms with Crippen LogP contribution in [-0.4, -0.2) is 10.9 Å². The number of aromatic hydroxyl groups is 1. The lowest BCUT2D eigenvalue weighted by molar-refractivity contribution is 0.0997. The van der Waals surface area contributed by atoms with Crippen LogP contribution in [0.3, 0.4) is 0 Å². The molecule has 0 radical (unpaired) electrons. The molecule has 2 aromatic carbocycles. The molecule has 1 N–H and O–H groups in total. The minimum atomic E-state index is 0.141. The Morgan fingerprint density at radius 1 is 1.04 bits per heavy atom. The Hall–Kier alpha value is -2.39. The summed E-state index contributed by atoms with van der Waals surface area (Å²) in [7, 11) is 0. The topological polar surface area (TPSA) is 37.3 Å². The molecular weight excluding hydrogens is 304 g/mol. The third-order valence-corrected chi connectivity index (χ3v) is 4.98. The number of rotatable bonds is 4. The van der Waals surface area contributed by atoms with E-state index in [0.717, 1.165) is 26.4 Å². The van der Waals surface area contributed by atoms with Gasteiger partial charge in [0.1, 0.15) is 5.75 Å². The van der Waals surface area contributed by atoms with E-state index >= 15 is 0 Å². The first-order chi connectivity index (χ1) is 11.0. The summed E-state index contributed by atoms with van der Waals surface area (Å²) < 4.78 is 0. The molecule has 116 valence electrons. The van der Waals surface area contributed by atoms with Crippen LogP contribution in [0.1, 0.15) is 26.4 Å². The van der Waals surface area contributed by atoms with Gasteiger partial charge < -0.3 is 5.11 Å². The minimum Gasteiger partial charge on any atom is -0.508 e. The molecule has 0 unspecified atom stereocenters. The van der Waals surface area contributed by atoms with Gasteiger partial charge in [0.15, 0.2) is 5.78 Å². The highest BCUT2D eigenvalue weighted by Gasteiger charge is 2.12. The van der Waals surface area contributed by atoms with Gasteiger partial charge in [-0.05, 0) is 60.9 Å². The van der Waals surface area contributed by atoms with Crippen molar-refractivity contribution < 1.29 is 9.90 Å². The lowest BCUT2D eigenvalue weighted by Crippen LogP contribution is -2.01. The van der Waals surface area contributed by atoms with Crippen molar-refractivity contribution in [1.82, 2.24) is 0 Å². The summed E-state index contributed by atoms with van der Waals surface area (Å²) in [4.78, 5) is 14.3. The number of benzene rings is 2. The van der Waals surface area contributed by atoms with Crippen molar-refractivity contribution in [3.63, 3.8) is 0 Å². The fourth-order valence-corrected chi connectivity index (χ4v) is 3.49. The molecule has 3 aromatic rings. The molecule has 0 fully saturated rings. The van der Waals surface area contributed by atoms with E-state index in [0.29, 0.717) is 12.2 Å². The van der Waals surface area contributed by atoms with Gasteiger partial charge in [0.25, 0.3) is 0 Å². The number of thiophene rings is 1. The van der Waals surface area contributed by atoms with Crippen molar-refractivity contribution in [2.75, 3.05) is 0 Å². The number of hydrogen-bond acceptors (Lipinski definition) is 3. The number of Topliss-reactive ketones (excluding diaryl/α,β-unsaturated/α-hetero) is 1. The molecule has 0 aliphatic carbocycles. The molecule has 0 saturated heterocycles. The van der Waals surface area contributed by atoms with Gasteiger partial charge in [-0.15, -0.1) is 11.3 Å². The van der Waals surface area contributed by atoms with Crippen LogP contribution in [0.2, 0.25) is 0 Å². The van der Waals surface area contributed by atoms with Crippen molar-refractivity contribution in [2.24, 2.45) is 0 Å². The molecule has 1 aromatic heterocycles. The maximum atomic E-state index is 12.5. The predicted molar refractivity (Wildman–Crippen MR) is 95.4 cm³/mol. The smallest absolute Gasteiger partial charge is 0.177 e. The van der Waals surface area contributed by atoms with E-state index in [1.165, 1.54) is 16.9 Å². The summed E-state index contributed by atoms with van der Waals surface area (Å²) in [6.07, 6.45) is 0.427. The van der Waals surface area contributed by atoms with Crippen molar-refractivity contribution >= 4 is 17.1 Å². The SMILES string of the molecule is Cc1cccc(CC(=O)c2ccc(-c3ccc(O)c(C)c3)s2)c1. The summed E-state index contributed by atoms with van der Waals surface area (Å²) in [5.74, 6) is 0.434. The number of aryl methyl sites for hydroxylation is 2. The van der Waals surface area contributed by atoms with Crippen LogP contribution < -0.4 is 0 Å². The molecule has 0 amide bonds. The summed E-state index contributed by atoms with van der Waals surface area (Å²) in [6.45, 7) is 3.90. The Bertz CT molecular complexity index is 862. The van der Waals surface area contributed by atoms with Gasteiger partial charge >= 0.3 is 0 Å². The van der Waals surface area contributed by atoms with Crippen molar-refractivity contribution in [1.29, 1.82) is 0 Å². The molecule has 1 heterocycles. The second-order valence-electron chi connectivity index (χ2n) is 5.75. The van der Waals surface area contributed by atoms with E-state index in [1.807, 2.05) is 56.3 Å². The maximum Gasteiger partial charge on any atom is 0.177 e. The predicted octanol–water partition coefficient (Wildman–Crippen LogP) is 5.16. The van der Waals surface area contributed by atoms with Gasteiger partial charge in [0.05, 0.1) is 4.88 Å². The fourth-order valence-electron chi connectivity index (χ4n) is 2.55. The molecule has 0 aliphatic rings. The van der Waals surface area contributed by atoms with Crippen LogP contribution in [0.4, 0.5) is 0 Å². The standard InChI is InChI=1S/C20H18O2S/c1-13-4-3-5-15(10-13)12-18(22)20-9-8-19(23-20)16-6-7-17(21)14(2)11-16/h3-11,21H,12H2,1-2H3. The third-order valence-electron chi connectivity index (χ3n) is 3.81. The van der Waals surface area contributed by atoms with Crippen LogP contribution in [-0.2, 0) is 6.42 Å². The Kier molecular flexibility index (Phi) is 4.30. The molecule has 0 aliphatic heterocycles. The number of carbonyl (C=O) groups is 1. The first kappa shape index (κ1) is 15.5. The zero-order valence-electron chi connectivity index (χ0n) is 13.2. The summed E-state index contributed by atoms with van der Waals surface area (Å²) in [5, 5.41) is 9.62. The Labute approximate surface area is 140 Å². The highest BCUT2D eigenvalue weighted by atomic mass is 32.1. The van der Waals surface area contributed by atoms with Crippen LogP contribution in [0, 0.1) is 13.8 Å². The number of phenols is 1. The largest absolute Gasteiger partial charge is 0.508 e. The van der Waals surface area contributed by atoms with Gasteiger partial charge in [-0.25, -0.2) is 0 Å². The molecular formula is C20H18O2S. The lowest BCUT2D eigenvalue weighted by atomic mass is 10.1. The lowest BCUT2D eigenvalue weighted by Gasteiger charge is -2.02. The quantitative estimate of drug-likeness (QED) is 0.673. The Morgan fingerprint density at radius 2 is 1.87 bits per heavy atom. The summed E-state index contributed by atoms with van der Waals surface area (Å²) in [5.41, 5.74) is 4.08. The van der Waals surface area contributed by atoms with Crippen LogP contribution in [0.5, 0.6) is 5.75 Å². The Morgan fingerprint density at radius 3 is 2.61 bits per heavy atom. The Balaban J connectivity index is 1.81. The molecule has 3 rings (SSSR count). The van der Waals surface area contributed by atoms with Crippen molar-refractivity contribution in [2.45, 2.75) is 20.3 Å². The van der Waals surface area contributed by atoms with Gasteiger partial charge in [-0.2, -0.15) is 0 Å². The molecule has 2 nitrogen and oxygen atoms in total. The monoisotopic (exact) mass is 322 g/mol. The number of hydrogen-bond donors (Lipinski definition) is 1.